The summed E-state index contributed by atoms with van der Waals surface area (Å²) in [7, 11) is -3.52. The Morgan fingerprint density at radius 3 is 2.79 bits per heavy atom. The van der Waals surface area contributed by atoms with Gasteiger partial charge < -0.3 is 15.8 Å². The van der Waals surface area contributed by atoms with Gasteiger partial charge in [-0.1, -0.05) is 0 Å². The van der Waals surface area contributed by atoms with Crippen LogP contribution in [0.25, 0.3) is 0 Å². The SMILES string of the molecule is CCOCCS(=O)(=O)N(CC(N)=O)C1CCCNC1. The summed E-state index contributed by atoms with van der Waals surface area (Å²) in [6, 6.07) is -0.201. The van der Waals surface area contributed by atoms with Crippen LogP contribution in [0.3, 0.4) is 0 Å². The third-order valence-electron chi connectivity index (χ3n) is 3.04. The van der Waals surface area contributed by atoms with Gasteiger partial charge in [-0.2, -0.15) is 4.31 Å². The maximum atomic E-state index is 12.3. The average molecular weight is 293 g/mol. The molecule has 8 heteroatoms. The van der Waals surface area contributed by atoms with Crippen LogP contribution in [0.15, 0.2) is 0 Å². The van der Waals surface area contributed by atoms with Gasteiger partial charge in [0.05, 0.1) is 18.9 Å². The lowest BCUT2D eigenvalue weighted by molar-refractivity contribution is -0.118. The molecule has 0 bridgehead atoms. The Morgan fingerprint density at radius 2 is 2.26 bits per heavy atom. The zero-order valence-corrected chi connectivity index (χ0v) is 12.1. The average Bonchev–Trinajstić information content (AvgIpc) is 2.37. The minimum absolute atomic E-state index is 0.120. The predicted molar refractivity (Wildman–Crippen MR) is 72.1 cm³/mol. The minimum atomic E-state index is -3.52. The Morgan fingerprint density at radius 1 is 1.53 bits per heavy atom. The molecule has 0 saturated carbocycles. The predicted octanol–water partition coefficient (Wildman–Crippen LogP) is -1.11. The van der Waals surface area contributed by atoms with Gasteiger partial charge in [0.25, 0.3) is 0 Å². The number of nitrogens with one attached hydrogen (secondary N) is 1. The fourth-order valence-electron chi connectivity index (χ4n) is 2.11. The molecule has 0 aliphatic carbocycles. The maximum Gasteiger partial charge on any atom is 0.232 e. The molecule has 0 aromatic carbocycles. The van der Waals surface area contributed by atoms with Crippen LogP contribution in [0.2, 0.25) is 0 Å². The molecule has 1 saturated heterocycles. The van der Waals surface area contributed by atoms with E-state index in [-0.39, 0.29) is 24.9 Å². The Kier molecular flexibility index (Phi) is 6.70. The summed E-state index contributed by atoms with van der Waals surface area (Å²) in [6.45, 7) is 3.57. The van der Waals surface area contributed by atoms with Gasteiger partial charge in [-0.25, -0.2) is 8.42 Å². The second-order valence-electron chi connectivity index (χ2n) is 4.52. The van der Waals surface area contributed by atoms with Crippen LogP contribution in [0, 0.1) is 0 Å². The van der Waals surface area contributed by atoms with Crippen LogP contribution in [0.5, 0.6) is 0 Å². The fraction of sp³-hybridized carbons (Fsp3) is 0.909. The third kappa shape index (κ3) is 5.43. The smallest absolute Gasteiger partial charge is 0.232 e. The first-order valence-corrected chi connectivity index (χ1v) is 8.14. The van der Waals surface area contributed by atoms with Gasteiger partial charge in [0.1, 0.15) is 0 Å². The van der Waals surface area contributed by atoms with E-state index in [1.807, 2.05) is 0 Å². The van der Waals surface area contributed by atoms with Gasteiger partial charge in [0.15, 0.2) is 0 Å². The normalized spacial score (nSPS) is 20.6. The summed E-state index contributed by atoms with van der Waals surface area (Å²) < 4.78 is 30.8. The van der Waals surface area contributed by atoms with Crippen molar-refractivity contribution in [1.29, 1.82) is 0 Å². The molecule has 1 amide bonds. The number of hydrogen-bond acceptors (Lipinski definition) is 5. The van der Waals surface area contributed by atoms with E-state index in [9.17, 15) is 13.2 Å². The Bertz CT molecular complexity index is 379. The number of hydrogen-bond donors (Lipinski definition) is 2. The van der Waals surface area contributed by atoms with E-state index >= 15 is 0 Å². The second-order valence-corrected chi connectivity index (χ2v) is 6.57. The van der Waals surface area contributed by atoms with Crippen molar-refractivity contribution in [3.05, 3.63) is 0 Å². The van der Waals surface area contributed by atoms with Crippen LogP contribution in [-0.2, 0) is 19.6 Å². The van der Waals surface area contributed by atoms with Crippen molar-refractivity contribution in [3.63, 3.8) is 0 Å². The van der Waals surface area contributed by atoms with E-state index in [1.54, 1.807) is 6.92 Å². The Labute approximate surface area is 114 Å². The van der Waals surface area contributed by atoms with Gasteiger partial charge in [-0.3, -0.25) is 4.79 Å². The molecule has 0 spiro atoms. The number of primary amides is 1. The topological polar surface area (TPSA) is 102 Å². The molecule has 0 radical (unpaired) electrons. The van der Waals surface area contributed by atoms with Crippen molar-refractivity contribution in [3.8, 4) is 0 Å². The standard InChI is InChI=1S/C11H23N3O4S/c1-2-18-6-7-19(16,17)14(9-11(12)15)10-4-3-5-13-8-10/h10,13H,2-9H2,1H3,(H2,12,15). The number of carbonyl (C=O) groups is 1. The quantitative estimate of drug-likeness (QED) is 0.553. The van der Waals surface area contributed by atoms with Crippen molar-refractivity contribution in [2.24, 2.45) is 5.73 Å². The summed E-state index contributed by atoms with van der Waals surface area (Å²) in [5.74, 6) is -0.754. The van der Waals surface area contributed by atoms with Crippen molar-refractivity contribution in [2.75, 3.05) is 38.6 Å². The van der Waals surface area contributed by atoms with E-state index in [0.717, 1.165) is 19.4 Å². The zero-order chi connectivity index (χ0) is 14.3. The summed E-state index contributed by atoms with van der Waals surface area (Å²) in [5.41, 5.74) is 5.15. The fourth-order valence-corrected chi connectivity index (χ4v) is 3.63. The van der Waals surface area contributed by atoms with Crippen molar-refractivity contribution in [2.45, 2.75) is 25.8 Å². The number of carbonyl (C=O) groups excluding carboxylic acids is 1. The highest BCUT2D eigenvalue weighted by Crippen LogP contribution is 2.15. The Balaban J connectivity index is 2.73. The molecule has 19 heavy (non-hydrogen) atoms. The van der Waals surface area contributed by atoms with E-state index < -0.39 is 15.9 Å². The molecule has 1 rings (SSSR count). The molecule has 3 N–H and O–H groups in total. The first kappa shape index (κ1) is 16.4. The molecule has 1 heterocycles. The maximum absolute atomic E-state index is 12.3. The summed E-state index contributed by atoms with van der Waals surface area (Å²) >= 11 is 0. The first-order chi connectivity index (χ1) is 8.97. The van der Waals surface area contributed by atoms with E-state index in [0.29, 0.717) is 13.2 Å². The van der Waals surface area contributed by atoms with Crippen molar-refractivity contribution in [1.82, 2.24) is 9.62 Å². The molecular weight excluding hydrogens is 270 g/mol. The number of nitrogens with two attached hydrogens (primary N) is 1. The number of amides is 1. The minimum Gasteiger partial charge on any atom is -0.381 e. The van der Waals surface area contributed by atoms with Crippen molar-refractivity contribution < 1.29 is 17.9 Å². The molecule has 7 nitrogen and oxygen atoms in total. The number of nitrogens with zero attached hydrogens (tertiary/aromatic N) is 1. The van der Waals surface area contributed by atoms with Crippen molar-refractivity contribution >= 4 is 15.9 Å². The highest BCUT2D eigenvalue weighted by molar-refractivity contribution is 7.89. The molecule has 1 fully saturated rings. The lowest BCUT2D eigenvalue weighted by Crippen LogP contribution is -2.52. The van der Waals surface area contributed by atoms with Crippen LogP contribution >= 0.6 is 0 Å². The van der Waals surface area contributed by atoms with Crippen LogP contribution in [0.1, 0.15) is 19.8 Å². The molecule has 1 aliphatic heterocycles. The van der Waals surface area contributed by atoms with Gasteiger partial charge >= 0.3 is 0 Å². The van der Waals surface area contributed by atoms with Crippen LogP contribution in [0.4, 0.5) is 0 Å². The van der Waals surface area contributed by atoms with E-state index in [1.165, 1.54) is 4.31 Å². The summed E-state index contributed by atoms with van der Waals surface area (Å²) in [5, 5.41) is 3.14. The molecule has 112 valence electrons. The molecule has 1 unspecified atom stereocenters. The molecular formula is C11H23N3O4S. The second kappa shape index (κ2) is 7.78. The van der Waals surface area contributed by atoms with Gasteiger partial charge in [0, 0.05) is 19.2 Å². The van der Waals surface area contributed by atoms with Gasteiger partial charge in [-0.15, -0.1) is 0 Å². The van der Waals surface area contributed by atoms with Crippen LogP contribution in [-0.4, -0.2) is 63.3 Å². The van der Waals surface area contributed by atoms with E-state index in [4.69, 9.17) is 10.5 Å². The largest absolute Gasteiger partial charge is 0.381 e. The molecule has 0 aromatic rings. The first-order valence-electron chi connectivity index (χ1n) is 6.53. The number of ether oxygens (including phenoxy) is 1. The van der Waals surface area contributed by atoms with Gasteiger partial charge in [0.2, 0.25) is 15.9 Å². The number of piperidine rings is 1. The highest BCUT2D eigenvalue weighted by Gasteiger charge is 2.31. The summed E-state index contributed by atoms with van der Waals surface area (Å²) in [6.07, 6.45) is 1.63. The summed E-state index contributed by atoms with van der Waals surface area (Å²) in [4.78, 5) is 11.1. The highest BCUT2D eigenvalue weighted by atomic mass is 32.2. The lowest BCUT2D eigenvalue weighted by Gasteiger charge is -2.32. The molecule has 0 aromatic heterocycles. The van der Waals surface area contributed by atoms with Gasteiger partial charge in [-0.05, 0) is 26.3 Å². The monoisotopic (exact) mass is 293 g/mol. The molecule has 1 atom stereocenters. The van der Waals surface area contributed by atoms with Crippen LogP contribution < -0.4 is 11.1 Å². The Hall–Kier alpha value is -0.700. The number of sulfonamides is 1. The zero-order valence-electron chi connectivity index (χ0n) is 11.3. The number of rotatable bonds is 8. The van der Waals surface area contributed by atoms with E-state index in [2.05, 4.69) is 5.32 Å². The third-order valence-corrected chi connectivity index (χ3v) is 4.86. The molecule has 1 aliphatic rings. The lowest BCUT2D eigenvalue weighted by atomic mass is 10.1.